The van der Waals surface area contributed by atoms with Crippen molar-refractivity contribution in [2.75, 3.05) is 31.4 Å². The van der Waals surface area contributed by atoms with Crippen LogP contribution in [0.15, 0.2) is 12.4 Å². The highest BCUT2D eigenvalue weighted by atomic mass is 32.1. The molecule has 0 aliphatic rings. The minimum atomic E-state index is -0.426. The van der Waals surface area contributed by atoms with E-state index in [2.05, 4.69) is 15.4 Å². The maximum absolute atomic E-state index is 10.8. The van der Waals surface area contributed by atoms with Gasteiger partial charge in [-0.1, -0.05) is 11.3 Å². The molecular weight excluding hydrogens is 292 g/mol. The van der Waals surface area contributed by atoms with Crippen molar-refractivity contribution in [1.29, 1.82) is 0 Å². The normalized spacial score (nSPS) is 10.4. The number of nitrogens with two attached hydrogens (primary N) is 1. The second-order valence-corrected chi connectivity index (χ2v) is 5.63. The summed E-state index contributed by atoms with van der Waals surface area (Å²) in [5.74, 6) is 0.185. The van der Waals surface area contributed by atoms with Crippen molar-refractivity contribution in [2.24, 2.45) is 5.73 Å². The first-order valence-electron chi connectivity index (χ1n) is 6.25. The van der Waals surface area contributed by atoms with Crippen molar-refractivity contribution in [3.8, 4) is 5.88 Å². The minimum Gasteiger partial charge on any atom is -0.480 e. The third kappa shape index (κ3) is 3.85. The van der Waals surface area contributed by atoms with Gasteiger partial charge in [0.25, 0.3) is 0 Å². The Morgan fingerprint density at radius 1 is 1.57 bits per heavy atom. The third-order valence-electron chi connectivity index (χ3n) is 2.63. The fourth-order valence-electron chi connectivity index (χ4n) is 1.67. The molecule has 0 unspecified atom stereocenters. The van der Waals surface area contributed by atoms with Crippen LogP contribution in [0.5, 0.6) is 5.88 Å². The number of methoxy groups -OCH3 is 1. The predicted octanol–water partition coefficient (Wildman–Crippen LogP) is 0.512. The van der Waals surface area contributed by atoms with Crippen LogP contribution in [0.25, 0.3) is 0 Å². The average molecular weight is 310 g/mol. The molecule has 8 nitrogen and oxygen atoms in total. The lowest BCUT2D eigenvalue weighted by molar-refractivity contribution is -0.118. The SMILES string of the molecule is COc1nc(N(C)C)sc1CNc1cnn(CC(N)=O)c1. The number of carbonyl (C=O) groups is 1. The van der Waals surface area contributed by atoms with Crippen molar-refractivity contribution in [1.82, 2.24) is 14.8 Å². The number of nitrogens with zero attached hydrogens (tertiary/aromatic N) is 4. The number of hydrogen-bond donors (Lipinski definition) is 2. The molecule has 2 aromatic heterocycles. The summed E-state index contributed by atoms with van der Waals surface area (Å²) in [7, 11) is 5.47. The number of ether oxygens (including phenoxy) is 1. The number of rotatable bonds is 7. The van der Waals surface area contributed by atoms with Gasteiger partial charge in [-0.25, -0.2) is 0 Å². The molecule has 21 heavy (non-hydrogen) atoms. The first-order chi connectivity index (χ1) is 9.99. The molecule has 0 atom stereocenters. The quantitative estimate of drug-likeness (QED) is 0.773. The largest absolute Gasteiger partial charge is 0.480 e. The summed E-state index contributed by atoms with van der Waals surface area (Å²) in [6.07, 6.45) is 3.37. The van der Waals surface area contributed by atoms with Gasteiger partial charge in [0.2, 0.25) is 11.8 Å². The second-order valence-electron chi connectivity index (χ2n) is 4.57. The summed E-state index contributed by atoms with van der Waals surface area (Å²) in [4.78, 5) is 18.1. The third-order valence-corrected chi connectivity index (χ3v) is 3.83. The van der Waals surface area contributed by atoms with Crippen LogP contribution < -0.4 is 20.7 Å². The number of anilines is 2. The molecule has 9 heteroatoms. The van der Waals surface area contributed by atoms with Crippen molar-refractivity contribution < 1.29 is 9.53 Å². The van der Waals surface area contributed by atoms with E-state index in [0.717, 1.165) is 15.7 Å². The molecule has 0 spiro atoms. The smallest absolute Gasteiger partial charge is 0.239 e. The molecule has 114 valence electrons. The summed E-state index contributed by atoms with van der Waals surface area (Å²) in [6, 6.07) is 0. The van der Waals surface area contributed by atoms with Gasteiger partial charge in [0, 0.05) is 20.3 Å². The van der Waals surface area contributed by atoms with Gasteiger partial charge < -0.3 is 20.7 Å². The van der Waals surface area contributed by atoms with Crippen LogP contribution >= 0.6 is 11.3 Å². The molecule has 0 saturated carbocycles. The molecule has 3 N–H and O–H groups in total. The molecule has 0 fully saturated rings. The molecule has 0 radical (unpaired) electrons. The zero-order valence-electron chi connectivity index (χ0n) is 12.2. The monoisotopic (exact) mass is 310 g/mol. The zero-order chi connectivity index (χ0) is 15.4. The van der Waals surface area contributed by atoms with Crippen molar-refractivity contribution in [3.05, 3.63) is 17.3 Å². The lowest BCUT2D eigenvalue weighted by Gasteiger charge is -2.05. The maximum Gasteiger partial charge on any atom is 0.239 e. The highest BCUT2D eigenvalue weighted by molar-refractivity contribution is 7.15. The van der Waals surface area contributed by atoms with Gasteiger partial charge in [-0.15, -0.1) is 0 Å². The molecule has 2 rings (SSSR count). The van der Waals surface area contributed by atoms with Crippen LogP contribution in [0.4, 0.5) is 10.8 Å². The van der Waals surface area contributed by atoms with Gasteiger partial charge in [0.1, 0.15) is 6.54 Å². The average Bonchev–Trinajstić information content (AvgIpc) is 3.01. The summed E-state index contributed by atoms with van der Waals surface area (Å²) in [5, 5.41) is 8.15. The molecule has 0 aliphatic heterocycles. The Bertz CT molecular complexity index is 621. The predicted molar refractivity (Wildman–Crippen MR) is 81.7 cm³/mol. The van der Waals surface area contributed by atoms with Crippen LogP contribution in [0, 0.1) is 0 Å². The standard InChI is InChI=1S/C12H18N6O2S/c1-17(2)12-16-11(20-3)9(21-12)5-14-8-4-15-18(6-8)7-10(13)19/h4,6,14H,5,7H2,1-3H3,(H2,13,19). The Labute approximate surface area is 126 Å². The molecule has 0 aromatic carbocycles. The van der Waals surface area contributed by atoms with Gasteiger partial charge in [0.05, 0.1) is 30.4 Å². The topological polar surface area (TPSA) is 98.3 Å². The van der Waals surface area contributed by atoms with E-state index in [4.69, 9.17) is 10.5 Å². The van der Waals surface area contributed by atoms with Gasteiger partial charge in [0.15, 0.2) is 5.13 Å². The second kappa shape index (κ2) is 6.44. The van der Waals surface area contributed by atoms with E-state index in [9.17, 15) is 4.79 Å². The maximum atomic E-state index is 10.8. The number of nitrogens with one attached hydrogen (secondary N) is 1. The van der Waals surface area contributed by atoms with Crippen LogP contribution in [0.3, 0.4) is 0 Å². The van der Waals surface area contributed by atoms with Gasteiger partial charge in [-0.3, -0.25) is 9.48 Å². The number of aromatic nitrogens is 3. The molecule has 2 heterocycles. The lowest BCUT2D eigenvalue weighted by Crippen LogP contribution is -2.18. The molecule has 0 saturated heterocycles. The van der Waals surface area contributed by atoms with Crippen molar-refractivity contribution >= 4 is 28.1 Å². The zero-order valence-corrected chi connectivity index (χ0v) is 13.0. The molecular formula is C12H18N6O2S. The summed E-state index contributed by atoms with van der Waals surface area (Å²) in [5.41, 5.74) is 5.92. The van der Waals surface area contributed by atoms with E-state index < -0.39 is 5.91 Å². The van der Waals surface area contributed by atoms with E-state index in [0.29, 0.717) is 12.4 Å². The van der Waals surface area contributed by atoms with E-state index in [-0.39, 0.29) is 6.54 Å². The number of amides is 1. The van der Waals surface area contributed by atoms with Crippen molar-refractivity contribution in [2.45, 2.75) is 13.1 Å². The Morgan fingerprint density at radius 2 is 2.33 bits per heavy atom. The first kappa shape index (κ1) is 15.1. The van der Waals surface area contributed by atoms with Crippen molar-refractivity contribution in [3.63, 3.8) is 0 Å². The van der Waals surface area contributed by atoms with E-state index in [1.807, 2.05) is 19.0 Å². The summed E-state index contributed by atoms with van der Waals surface area (Å²) in [6.45, 7) is 0.632. The van der Waals surface area contributed by atoms with Crippen LogP contribution in [-0.4, -0.2) is 41.9 Å². The van der Waals surface area contributed by atoms with Gasteiger partial charge in [-0.2, -0.15) is 10.1 Å². The Morgan fingerprint density at radius 3 is 2.95 bits per heavy atom. The van der Waals surface area contributed by atoms with E-state index in [1.54, 1.807) is 30.8 Å². The number of primary amides is 1. The fraction of sp³-hybridized carbons (Fsp3) is 0.417. The number of carbonyl (C=O) groups excluding carboxylic acids is 1. The Balaban J connectivity index is 2.02. The highest BCUT2D eigenvalue weighted by Crippen LogP contribution is 2.30. The minimum absolute atomic E-state index is 0.0658. The molecule has 0 aliphatic carbocycles. The number of hydrogen-bond acceptors (Lipinski definition) is 7. The van der Waals surface area contributed by atoms with Crippen LogP contribution in [-0.2, 0) is 17.9 Å². The molecule has 1 amide bonds. The molecule has 2 aromatic rings. The van der Waals surface area contributed by atoms with Crippen LogP contribution in [0.1, 0.15) is 4.88 Å². The lowest BCUT2D eigenvalue weighted by atomic mass is 10.4. The Hall–Kier alpha value is -2.29. The van der Waals surface area contributed by atoms with E-state index in [1.165, 1.54) is 4.68 Å². The number of thiazole rings is 1. The summed E-state index contributed by atoms with van der Waals surface area (Å²) >= 11 is 1.55. The Kier molecular flexibility index (Phi) is 4.63. The van der Waals surface area contributed by atoms with Crippen LogP contribution in [0.2, 0.25) is 0 Å². The van der Waals surface area contributed by atoms with Gasteiger partial charge in [-0.05, 0) is 0 Å². The summed E-state index contributed by atoms with van der Waals surface area (Å²) < 4.78 is 6.76. The van der Waals surface area contributed by atoms with Gasteiger partial charge >= 0.3 is 0 Å². The highest BCUT2D eigenvalue weighted by Gasteiger charge is 2.13. The molecule has 0 bridgehead atoms. The fourth-order valence-corrected chi connectivity index (χ4v) is 2.56. The van der Waals surface area contributed by atoms with E-state index >= 15 is 0 Å². The first-order valence-corrected chi connectivity index (χ1v) is 7.07.